The molecular formula is C16H15N3O2. The van der Waals surface area contributed by atoms with Gasteiger partial charge >= 0.3 is 5.97 Å². The molecule has 1 aliphatic rings. The summed E-state index contributed by atoms with van der Waals surface area (Å²) < 4.78 is 0. The van der Waals surface area contributed by atoms with Crippen molar-refractivity contribution in [2.75, 3.05) is 5.32 Å². The van der Waals surface area contributed by atoms with Crippen LogP contribution in [0.1, 0.15) is 25.3 Å². The van der Waals surface area contributed by atoms with E-state index in [1.807, 2.05) is 24.3 Å². The molecule has 0 amide bonds. The Morgan fingerprint density at radius 2 is 2.19 bits per heavy atom. The number of pyridine rings is 1. The molecule has 0 bridgehead atoms. The minimum Gasteiger partial charge on any atom is -0.480 e. The number of hydrogen-bond acceptors (Lipinski definition) is 4. The highest BCUT2D eigenvalue weighted by atomic mass is 16.4. The van der Waals surface area contributed by atoms with Crippen LogP contribution in [0.25, 0.3) is 10.9 Å². The second-order valence-corrected chi connectivity index (χ2v) is 5.58. The van der Waals surface area contributed by atoms with E-state index < -0.39 is 11.5 Å². The molecule has 0 radical (unpaired) electrons. The van der Waals surface area contributed by atoms with Gasteiger partial charge in [0.15, 0.2) is 0 Å². The Kier molecular flexibility index (Phi) is 3.02. The van der Waals surface area contributed by atoms with Gasteiger partial charge < -0.3 is 10.4 Å². The lowest BCUT2D eigenvalue weighted by molar-refractivity contribution is -0.142. The number of nitrogens with zero attached hydrogens (tertiary/aromatic N) is 2. The van der Waals surface area contributed by atoms with Gasteiger partial charge in [-0.25, -0.2) is 4.79 Å². The smallest absolute Gasteiger partial charge is 0.329 e. The van der Waals surface area contributed by atoms with Gasteiger partial charge in [-0.1, -0.05) is 18.2 Å². The number of carboxylic acids is 1. The molecule has 1 atom stereocenters. The zero-order valence-electron chi connectivity index (χ0n) is 11.6. The van der Waals surface area contributed by atoms with Crippen LogP contribution in [0, 0.1) is 17.2 Å². The number of anilines is 1. The lowest BCUT2D eigenvalue weighted by Crippen LogP contribution is -2.45. The molecule has 5 heteroatoms. The molecule has 1 aromatic carbocycles. The molecule has 0 aliphatic heterocycles. The van der Waals surface area contributed by atoms with Crippen LogP contribution in [0.15, 0.2) is 30.5 Å². The Morgan fingerprint density at radius 3 is 2.81 bits per heavy atom. The molecule has 1 unspecified atom stereocenters. The molecule has 1 saturated carbocycles. The molecule has 1 heterocycles. The van der Waals surface area contributed by atoms with Crippen molar-refractivity contribution in [3.05, 3.63) is 36.0 Å². The Morgan fingerprint density at radius 1 is 1.48 bits per heavy atom. The maximum atomic E-state index is 11.7. The average molecular weight is 281 g/mol. The highest BCUT2D eigenvalue weighted by molar-refractivity contribution is 5.96. The van der Waals surface area contributed by atoms with Gasteiger partial charge in [-0.2, -0.15) is 5.26 Å². The van der Waals surface area contributed by atoms with Gasteiger partial charge in [0.25, 0.3) is 0 Å². The number of fused-ring (bicyclic) bond motifs is 1. The first-order valence-corrected chi connectivity index (χ1v) is 6.85. The summed E-state index contributed by atoms with van der Waals surface area (Å²) in [5.41, 5.74) is 0.597. The second-order valence-electron chi connectivity index (χ2n) is 5.58. The zero-order chi connectivity index (χ0) is 15.0. The van der Waals surface area contributed by atoms with Crippen LogP contribution in [0.2, 0.25) is 0 Å². The maximum Gasteiger partial charge on any atom is 0.329 e. The van der Waals surface area contributed by atoms with Crippen molar-refractivity contribution in [1.82, 2.24) is 4.98 Å². The number of nitrogens with one attached hydrogen (secondary N) is 1. The summed E-state index contributed by atoms with van der Waals surface area (Å²) in [4.78, 5) is 15.9. The van der Waals surface area contributed by atoms with E-state index in [4.69, 9.17) is 0 Å². The third kappa shape index (κ3) is 2.19. The molecule has 0 spiro atoms. The summed E-state index contributed by atoms with van der Waals surface area (Å²) in [5.74, 6) is -0.803. The van der Waals surface area contributed by atoms with E-state index in [0.29, 0.717) is 11.3 Å². The van der Waals surface area contributed by atoms with Gasteiger partial charge in [-0.3, -0.25) is 4.98 Å². The minimum absolute atomic E-state index is 0.0912. The van der Waals surface area contributed by atoms with E-state index in [1.54, 1.807) is 6.92 Å². The van der Waals surface area contributed by atoms with Crippen LogP contribution in [0.4, 0.5) is 5.69 Å². The summed E-state index contributed by atoms with van der Waals surface area (Å²) in [7, 11) is 0. The predicted molar refractivity (Wildman–Crippen MR) is 78.8 cm³/mol. The van der Waals surface area contributed by atoms with E-state index in [-0.39, 0.29) is 5.92 Å². The van der Waals surface area contributed by atoms with E-state index >= 15 is 0 Å². The lowest BCUT2D eigenvalue weighted by Gasteiger charge is -2.28. The van der Waals surface area contributed by atoms with Gasteiger partial charge in [-0.05, 0) is 31.7 Å². The monoisotopic (exact) mass is 281 g/mol. The molecule has 1 fully saturated rings. The summed E-state index contributed by atoms with van der Waals surface area (Å²) in [6, 6.07) is 9.50. The molecule has 2 N–H and O–H groups in total. The fraction of sp³-hybridized carbons (Fsp3) is 0.312. The van der Waals surface area contributed by atoms with Crippen LogP contribution in [-0.2, 0) is 4.79 Å². The topological polar surface area (TPSA) is 86.0 Å². The minimum atomic E-state index is -1.06. The third-order valence-corrected chi connectivity index (χ3v) is 4.12. The zero-order valence-corrected chi connectivity index (χ0v) is 11.6. The standard InChI is InChI=1S/C16H15N3O2/c1-16(15(20)21,11-6-7-11)19-14-10(8-17)9-18-13-5-3-2-4-12(13)14/h2-5,9,11H,6-7H2,1H3,(H,18,19)(H,20,21). The molecule has 21 heavy (non-hydrogen) atoms. The van der Waals surface area contributed by atoms with Crippen LogP contribution in [0.3, 0.4) is 0 Å². The Balaban J connectivity index is 2.15. The van der Waals surface area contributed by atoms with Gasteiger partial charge in [0, 0.05) is 11.6 Å². The Labute approximate surface area is 122 Å². The molecule has 0 saturated heterocycles. The van der Waals surface area contributed by atoms with Crippen molar-refractivity contribution in [2.45, 2.75) is 25.3 Å². The first-order valence-electron chi connectivity index (χ1n) is 6.85. The largest absolute Gasteiger partial charge is 0.480 e. The average Bonchev–Trinajstić information content (AvgIpc) is 3.32. The fourth-order valence-corrected chi connectivity index (χ4v) is 2.61. The molecule has 1 aromatic heterocycles. The molecule has 106 valence electrons. The lowest BCUT2D eigenvalue weighted by atomic mass is 9.94. The van der Waals surface area contributed by atoms with Crippen molar-refractivity contribution in [2.24, 2.45) is 5.92 Å². The van der Waals surface area contributed by atoms with Gasteiger partial charge in [-0.15, -0.1) is 0 Å². The van der Waals surface area contributed by atoms with Gasteiger partial charge in [0.05, 0.1) is 16.8 Å². The summed E-state index contributed by atoms with van der Waals surface area (Å²) >= 11 is 0. The Bertz CT molecular complexity index is 762. The molecule has 1 aliphatic carbocycles. The van der Waals surface area contributed by atoms with Gasteiger partial charge in [0.2, 0.25) is 0 Å². The van der Waals surface area contributed by atoms with E-state index in [0.717, 1.165) is 23.7 Å². The number of aromatic nitrogens is 1. The molecule has 5 nitrogen and oxygen atoms in total. The number of benzene rings is 1. The number of carboxylic acid groups (broad SMARTS) is 1. The van der Waals surface area contributed by atoms with Crippen LogP contribution >= 0.6 is 0 Å². The summed E-state index contributed by atoms with van der Waals surface area (Å²) in [5, 5.41) is 22.8. The fourth-order valence-electron chi connectivity index (χ4n) is 2.61. The number of para-hydroxylation sites is 1. The normalized spacial score (nSPS) is 17.0. The molecular weight excluding hydrogens is 266 g/mol. The van der Waals surface area contributed by atoms with E-state index in [9.17, 15) is 15.2 Å². The number of hydrogen-bond donors (Lipinski definition) is 2. The number of nitriles is 1. The van der Waals surface area contributed by atoms with E-state index in [2.05, 4.69) is 16.4 Å². The SMILES string of the molecule is CC(Nc1c(C#N)cnc2ccccc12)(C(=O)O)C1CC1. The third-order valence-electron chi connectivity index (χ3n) is 4.12. The van der Waals surface area contributed by atoms with Crippen molar-refractivity contribution >= 4 is 22.6 Å². The first-order chi connectivity index (χ1) is 10.1. The maximum absolute atomic E-state index is 11.7. The summed E-state index contributed by atoms with van der Waals surface area (Å²) in [6.07, 6.45) is 3.27. The number of rotatable bonds is 4. The van der Waals surface area contributed by atoms with Crippen LogP contribution < -0.4 is 5.32 Å². The summed E-state index contributed by atoms with van der Waals surface area (Å²) in [6.45, 7) is 1.68. The number of aliphatic carboxylic acids is 1. The highest BCUT2D eigenvalue weighted by Gasteiger charge is 2.48. The van der Waals surface area contributed by atoms with E-state index in [1.165, 1.54) is 6.20 Å². The van der Waals surface area contributed by atoms with Crippen molar-refractivity contribution in [3.63, 3.8) is 0 Å². The van der Waals surface area contributed by atoms with Gasteiger partial charge in [0.1, 0.15) is 11.6 Å². The van der Waals surface area contributed by atoms with Crippen LogP contribution in [-0.4, -0.2) is 21.6 Å². The van der Waals surface area contributed by atoms with Crippen molar-refractivity contribution in [1.29, 1.82) is 5.26 Å². The predicted octanol–water partition coefficient (Wildman–Crippen LogP) is 2.77. The molecule has 3 rings (SSSR count). The molecule has 2 aromatic rings. The van der Waals surface area contributed by atoms with Crippen molar-refractivity contribution < 1.29 is 9.90 Å². The Hall–Kier alpha value is -2.61. The second kappa shape index (κ2) is 4.74. The van der Waals surface area contributed by atoms with Crippen LogP contribution in [0.5, 0.6) is 0 Å². The van der Waals surface area contributed by atoms with Crippen molar-refractivity contribution in [3.8, 4) is 6.07 Å². The number of carbonyl (C=O) groups is 1. The first kappa shape index (κ1) is 13.4. The highest BCUT2D eigenvalue weighted by Crippen LogP contribution is 2.42. The quantitative estimate of drug-likeness (QED) is 0.900.